The summed E-state index contributed by atoms with van der Waals surface area (Å²) in [6, 6.07) is 3.07. The summed E-state index contributed by atoms with van der Waals surface area (Å²) in [4.78, 5) is 14.6. The number of hydrogen-bond donors (Lipinski definition) is 3. The van der Waals surface area contributed by atoms with Gasteiger partial charge >= 0.3 is 0 Å². The first-order chi connectivity index (χ1) is 17.8. The lowest BCUT2D eigenvalue weighted by molar-refractivity contribution is 0.204. The molecule has 4 rings (SSSR count). The summed E-state index contributed by atoms with van der Waals surface area (Å²) in [7, 11) is -1.64. The van der Waals surface area contributed by atoms with Gasteiger partial charge in [0.1, 0.15) is 9.84 Å². The van der Waals surface area contributed by atoms with Crippen LogP contribution in [0.15, 0.2) is 36.9 Å². The van der Waals surface area contributed by atoms with Crippen molar-refractivity contribution in [1.29, 1.82) is 5.41 Å². The standard InChI is InChI=1S/C24H27Cl2N7O4S/c1-24(12-38(3,34)35)10-33(11-24)23-31-6-13(7-32-23)21(28)14-4-19(18(36-2)5-17(14)27)37-22(29)20-15(25)8-30-9-16(20)26/h4-9,22,28H,10-12,27,29H2,1-3H3/t22-/m0/s1. The van der Waals surface area contributed by atoms with Crippen LogP contribution in [0.2, 0.25) is 10.0 Å². The molecule has 0 aliphatic carbocycles. The van der Waals surface area contributed by atoms with Crippen LogP contribution in [0.25, 0.3) is 0 Å². The summed E-state index contributed by atoms with van der Waals surface area (Å²) < 4.78 is 34.6. The van der Waals surface area contributed by atoms with Gasteiger partial charge in [-0.15, -0.1) is 0 Å². The molecular formula is C24H27Cl2N7O4S. The minimum Gasteiger partial charge on any atom is -0.493 e. The van der Waals surface area contributed by atoms with Gasteiger partial charge in [-0.3, -0.25) is 16.1 Å². The van der Waals surface area contributed by atoms with Gasteiger partial charge in [0.25, 0.3) is 0 Å². The Morgan fingerprint density at radius 2 is 1.76 bits per heavy atom. The summed E-state index contributed by atoms with van der Waals surface area (Å²) >= 11 is 12.4. The van der Waals surface area contributed by atoms with E-state index in [1.807, 2.05) is 11.8 Å². The Labute approximate surface area is 230 Å². The van der Waals surface area contributed by atoms with Gasteiger partial charge in [-0.25, -0.2) is 18.4 Å². The van der Waals surface area contributed by atoms with Gasteiger partial charge in [0.15, 0.2) is 17.7 Å². The fraction of sp³-hybridized carbons (Fsp3) is 0.333. The van der Waals surface area contributed by atoms with Crippen molar-refractivity contribution in [3.05, 3.63) is 63.7 Å². The molecule has 0 amide bonds. The van der Waals surface area contributed by atoms with Crippen LogP contribution >= 0.6 is 23.2 Å². The molecule has 1 aliphatic heterocycles. The minimum atomic E-state index is -3.09. The quantitative estimate of drug-likeness (QED) is 0.194. The van der Waals surface area contributed by atoms with Crippen molar-refractivity contribution in [2.75, 3.05) is 42.8 Å². The van der Waals surface area contributed by atoms with E-state index in [-0.39, 0.29) is 38.4 Å². The largest absolute Gasteiger partial charge is 0.493 e. The fourth-order valence-corrected chi connectivity index (χ4v) is 6.47. The number of halogens is 2. The van der Waals surface area contributed by atoms with Crippen LogP contribution in [0.4, 0.5) is 11.6 Å². The van der Waals surface area contributed by atoms with Crippen LogP contribution in [-0.4, -0.2) is 61.3 Å². The van der Waals surface area contributed by atoms with Crippen molar-refractivity contribution in [2.24, 2.45) is 11.1 Å². The third kappa shape index (κ3) is 5.93. The molecule has 1 saturated heterocycles. The first-order valence-electron chi connectivity index (χ1n) is 11.3. The third-order valence-corrected chi connectivity index (χ3v) is 7.82. The second kappa shape index (κ2) is 10.5. The molecule has 0 spiro atoms. The third-order valence-electron chi connectivity index (χ3n) is 6.00. The van der Waals surface area contributed by atoms with Crippen molar-refractivity contribution < 1.29 is 17.9 Å². The van der Waals surface area contributed by atoms with E-state index in [2.05, 4.69) is 15.0 Å². The van der Waals surface area contributed by atoms with Gasteiger partial charge in [-0.1, -0.05) is 30.1 Å². The smallest absolute Gasteiger partial charge is 0.225 e. The van der Waals surface area contributed by atoms with Gasteiger partial charge in [-0.2, -0.15) is 0 Å². The number of nitrogens with one attached hydrogen (secondary N) is 1. The van der Waals surface area contributed by atoms with Crippen molar-refractivity contribution in [2.45, 2.75) is 13.2 Å². The molecule has 1 aromatic carbocycles. The van der Waals surface area contributed by atoms with E-state index in [0.717, 1.165) is 0 Å². The highest BCUT2D eigenvalue weighted by Gasteiger charge is 2.42. The van der Waals surface area contributed by atoms with Crippen LogP contribution < -0.4 is 25.8 Å². The average molecular weight is 580 g/mol. The van der Waals surface area contributed by atoms with E-state index >= 15 is 0 Å². The van der Waals surface area contributed by atoms with Crippen molar-refractivity contribution >= 4 is 50.4 Å². The zero-order chi connectivity index (χ0) is 27.8. The van der Waals surface area contributed by atoms with E-state index in [9.17, 15) is 8.42 Å². The van der Waals surface area contributed by atoms with Gasteiger partial charge in [-0.05, 0) is 6.07 Å². The number of hydrogen-bond acceptors (Lipinski definition) is 11. The maximum atomic E-state index is 11.7. The van der Waals surface area contributed by atoms with E-state index < -0.39 is 16.1 Å². The molecule has 5 N–H and O–H groups in total. The number of sulfone groups is 1. The zero-order valence-corrected chi connectivity index (χ0v) is 23.2. The Hall–Kier alpha value is -3.19. The summed E-state index contributed by atoms with van der Waals surface area (Å²) in [5.41, 5.74) is 13.6. The number of nitrogens with two attached hydrogens (primary N) is 2. The Morgan fingerprint density at radius 1 is 1.16 bits per heavy atom. The number of methoxy groups -OCH3 is 1. The van der Waals surface area contributed by atoms with Crippen LogP contribution in [0, 0.1) is 10.8 Å². The lowest BCUT2D eigenvalue weighted by Gasteiger charge is -2.47. The molecule has 202 valence electrons. The van der Waals surface area contributed by atoms with Crippen molar-refractivity contribution in [3.8, 4) is 11.5 Å². The molecule has 1 fully saturated rings. The number of rotatable bonds is 9. The van der Waals surface area contributed by atoms with Gasteiger partial charge in [0.05, 0.1) is 28.6 Å². The highest BCUT2D eigenvalue weighted by atomic mass is 35.5. The SMILES string of the molecule is COc1cc(N)c(C(=N)c2cnc(N3CC(C)(CS(C)(=O)=O)C3)nc2)cc1O[C@H](N)c1c(Cl)cncc1Cl. The van der Waals surface area contributed by atoms with Gasteiger partial charge < -0.3 is 20.1 Å². The molecular weight excluding hydrogens is 553 g/mol. The Morgan fingerprint density at radius 3 is 2.32 bits per heavy atom. The first-order valence-corrected chi connectivity index (χ1v) is 14.1. The van der Waals surface area contributed by atoms with E-state index in [4.69, 9.17) is 49.6 Å². The molecule has 0 radical (unpaired) electrons. The normalized spacial score (nSPS) is 15.5. The van der Waals surface area contributed by atoms with E-state index in [1.165, 1.54) is 44.2 Å². The highest BCUT2D eigenvalue weighted by Crippen LogP contribution is 2.38. The fourth-order valence-electron chi connectivity index (χ4n) is 4.44. The molecule has 3 aromatic rings. The molecule has 11 nitrogen and oxygen atoms in total. The molecule has 1 aliphatic rings. The van der Waals surface area contributed by atoms with E-state index in [0.29, 0.717) is 41.5 Å². The van der Waals surface area contributed by atoms with E-state index in [1.54, 1.807) is 6.07 Å². The lowest BCUT2D eigenvalue weighted by Crippen LogP contribution is -2.58. The van der Waals surface area contributed by atoms with Crippen LogP contribution in [0.5, 0.6) is 11.5 Å². The van der Waals surface area contributed by atoms with Crippen molar-refractivity contribution in [3.63, 3.8) is 0 Å². The maximum absolute atomic E-state index is 11.7. The number of nitrogens with zero attached hydrogens (tertiary/aromatic N) is 4. The monoisotopic (exact) mass is 579 g/mol. The van der Waals surface area contributed by atoms with Crippen LogP contribution in [0.3, 0.4) is 0 Å². The zero-order valence-electron chi connectivity index (χ0n) is 20.9. The lowest BCUT2D eigenvalue weighted by atomic mass is 9.84. The molecule has 1 atom stereocenters. The molecule has 0 unspecified atom stereocenters. The molecule has 0 saturated carbocycles. The number of benzene rings is 1. The summed E-state index contributed by atoms with van der Waals surface area (Å²) in [5, 5.41) is 9.21. The van der Waals surface area contributed by atoms with Gasteiger partial charge in [0.2, 0.25) is 5.95 Å². The number of aromatic nitrogens is 3. The van der Waals surface area contributed by atoms with Crippen molar-refractivity contribution in [1.82, 2.24) is 15.0 Å². The summed E-state index contributed by atoms with van der Waals surface area (Å²) in [5.74, 6) is 1.08. The van der Waals surface area contributed by atoms with Crippen LogP contribution in [-0.2, 0) is 9.84 Å². The Bertz CT molecular complexity index is 1460. The molecule has 3 heterocycles. The average Bonchev–Trinajstić information content (AvgIpc) is 2.82. The second-order valence-corrected chi connectivity index (χ2v) is 12.5. The maximum Gasteiger partial charge on any atom is 0.225 e. The molecule has 0 bridgehead atoms. The van der Waals surface area contributed by atoms with Gasteiger partial charge in [0, 0.05) is 78.0 Å². The summed E-state index contributed by atoms with van der Waals surface area (Å²) in [6.45, 7) is 2.96. The highest BCUT2D eigenvalue weighted by molar-refractivity contribution is 7.90. The minimum absolute atomic E-state index is 0.0561. The number of anilines is 2. The number of ether oxygens (including phenoxy) is 2. The van der Waals surface area contributed by atoms with Crippen LogP contribution in [0.1, 0.15) is 29.8 Å². The molecule has 14 heteroatoms. The Kier molecular flexibility index (Phi) is 7.71. The number of nitrogen functional groups attached to an aromatic ring is 1. The molecule has 2 aromatic heterocycles. The predicted molar refractivity (Wildman–Crippen MR) is 147 cm³/mol. The predicted octanol–water partition coefficient (Wildman–Crippen LogP) is 3.09. The summed E-state index contributed by atoms with van der Waals surface area (Å²) in [6.07, 6.45) is 6.03. The number of pyridine rings is 1. The topological polar surface area (TPSA) is 170 Å². The molecule has 38 heavy (non-hydrogen) atoms. The Balaban J connectivity index is 1.54. The second-order valence-electron chi connectivity index (χ2n) is 9.53. The first kappa shape index (κ1) is 27.8.